The van der Waals surface area contributed by atoms with Crippen molar-refractivity contribution in [1.82, 2.24) is 0 Å². The number of hydrogen-bond donors (Lipinski definition) is 0. The Hall–Kier alpha value is -4.37. The van der Waals surface area contributed by atoms with Crippen molar-refractivity contribution in [3.63, 3.8) is 0 Å². The van der Waals surface area contributed by atoms with E-state index in [0.29, 0.717) is 13.2 Å². The van der Waals surface area contributed by atoms with Crippen LogP contribution in [0.1, 0.15) is 22.3 Å². The van der Waals surface area contributed by atoms with Crippen molar-refractivity contribution in [2.45, 2.75) is 52.5 Å². The Morgan fingerprint density at radius 1 is 0.524 bits per heavy atom. The van der Waals surface area contributed by atoms with Crippen LogP contribution in [0.2, 0.25) is 39.3 Å². The highest BCUT2D eigenvalue weighted by molar-refractivity contribution is 6.84. The lowest BCUT2D eigenvalue weighted by molar-refractivity contribution is 0.306. The topological polar surface area (TPSA) is 43.2 Å². The third-order valence-electron chi connectivity index (χ3n) is 5.78. The Morgan fingerprint density at radius 3 is 1.26 bits per heavy atom. The molecule has 42 heavy (non-hydrogen) atoms. The molecule has 0 saturated carbocycles. The number of rotatable bonds is 8. The first-order chi connectivity index (χ1) is 20.0. The zero-order valence-corrected chi connectivity index (χ0v) is 27.4. The molecule has 0 atom stereocenters. The van der Waals surface area contributed by atoms with Gasteiger partial charge in [-0.15, -0.1) is 11.1 Å². The molecule has 4 aromatic carbocycles. The van der Waals surface area contributed by atoms with E-state index in [2.05, 4.69) is 96.7 Å². The Bertz CT molecular complexity index is 1520. The number of hydrogen-bond acceptors (Lipinski definition) is 4. The minimum Gasteiger partial charge on any atom is -0.489 e. The van der Waals surface area contributed by atoms with Crippen molar-refractivity contribution >= 4 is 27.5 Å². The number of benzene rings is 4. The summed E-state index contributed by atoms with van der Waals surface area (Å²) in [4.78, 5) is 0. The van der Waals surface area contributed by atoms with Gasteiger partial charge in [-0.2, -0.15) is 10.2 Å². The average molecular weight is 587 g/mol. The minimum atomic E-state index is -1.41. The maximum atomic E-state index is 5.98. The van der Waals surface area contributed by atoms with Gasteiger partial charge in [-0.05, 0) is 83.9 Å². The van der Waals surface area contributed by atoms with Gasteiger partial charge in [0.05, 0.1) is 11.4 Å². The maximum Gasteiger partial charge on any atom is 0.129 e. The fraction of sp³-hybridized carbons (Fsp3) is 0.222. The first-order valence-corrected chi connectivity index (χ1v) is 21.1. The standard InChI is InChI=1S/C36H38N2O2Si2/c1-41(2,3)23-21-29-9-7-11-31(25-29)27-39-35-17-13-33(14-18-35)37-38-34-15-19-36(20-16-34)40-28-32-12-8-10-30(26-32)22-24-42(4,5)6/h7-20,25-26H,27-28H2,1-6H3. The van der Waals surface area contributed by atoms with Crippen molar-refractivity contribution in [3.8, 4) is 34.4 Å². The highest BCUT2D eigenvalue weighted by Crippen LogP contribution is 2.24. The van der Waals surface area contributed by atoms with Gasteiger partial charge < -0.3 is 9.47 Å². The SMILES string of the molecule is C[Si](C)(C)C#Cc1cccc(COc2ccc(N=Nc3ccc(OCc4cccc(C#C[Si](C)(C)C)c4)cc3)cc2)c1. The number of nitrogens with zero attached hydrogens (tertiary/aromatic N) is 2. The lowest BCUT2D eigenvalue weighted by Gasteiger charge is -2.08. The predicted molar refractivity (Wildman–Crippen MR) is 179 cm³/mol. The summed E-state index contributed by atoms with van der Waals surface area (Å²) in [6, 6.07) is 31.7. The van der Waals surface area contributed by atoms with Gasteiger partial charge in [0, 0.05) is 11.1 Å². The van der Waals surface area contributed by atoms with E-state index >= 15 is 0 Å². The summed E-state index contributed by atoms with van der Waals surface area (Å²) < 4.78 is 12.0. The first kappa shape index (κ1) is 30.6. The minimum absolute atomic E-state index is 0.482. The molecule has 0 aliphatic rings. The quantitative estimate of drug-likeness (QED) is 0.117. The molecule has 212 valence electrons. The fourth-order valence-corrected chi connectivity index (χ4v) is 4.70. The molecule has 0 radical (unpaired) electrons. The Labute approximate surface area is 252 Å². The summed E-state index contributed by atoms with van der Waals surface area (Å²) in [5.74, 6) is 8.17. The Kier molecular flexibility index (Phi) is 10.2. The largest absolute Gasteiger partial charge is 0.489 e. The molecule has 0 amide bonds. The third kappa shape index (κ3) is 10.9. The van der Waals surface area contributed by atoms with Crippen molar-refractivity contribution < 1.29 is 9.47 Å². The van der Waals surface area contributed by atoms with Gasteiger partial charge in [0.15, 0.2) is 0 Å². The molecule has 0 heterocycles. The molecule has 4 aromatic rings. The van der Waals surface area contributed by atoms with Crippen LogP contribution in [0, 0.1) is 22.9 Å². The zero-order valence-electron chi connectivity index (χ0n) is 25.4. The van der Waals surface area contributed by atoms with E-state index in [-0.39, 0.29) is 0 Å². The molecule has 0 saturated heterocycles. The van der Waals surface area contributed by atoms with Gasteiger partial charge in [-0.25, -0.2) is 0 Å². The van der Waals surface area contributed by atoms with Crippen molar-refractivity contribution in [2.24, 2.45) is 10.2 Å². The van der Waals surface area contributed by atoms with E-state index in [0.717, 1.165) is 45.1 Å². The lowest BCUT2D eigenvalue weighted by atomic mass is 10.1. The van der Waals surface area contributed by atoms with E-state index in [1.807, 2.05) is 72.8 Å². The number of ether oxygens (including phenoxy) is 2. The second-order valence-electron chi connectivity index (χ2n) is 12.2. The summed E-state index contributed by atoms with van der Waals surface area (Å²) in [5, 5.41) is 8.72. The first-order valence-electron chi connectivity index (χ1n) is 14.1. The molecule has 0 bridgehead atoms. The lowest BCUT2D eigenvalue weighted by Crippen LogP contribution is -2.16. The van der Waals surface area contributed by atoms with Crippen LogP contribution in [0.15, 0.2) is 107 Å². The molecule has 0 aliphatic heterocycles. The predicted octanol–water partition coefficient (Wildman–Crippen LogP) is 9.72. The highest BCUT2D eigenvalue weighted by atomic mass is 28.3. The highest BCUT2D eigenvalue weighted by Gasteiger charge is 2.08. The van der Waals surface area contributed by atoms with E-state index < -0.39 is 16.1 Å². The van der Waals surface area contributed by atoms with Gasteiger partial charge in [-0.1, -0.05) is 75.4 Å². The second-order valence-corrected chi connectivity index (χ2v) is 21.7. The van der Waals surface area contributed by atoms with E-state index in [9.17, 15) is 0 Å². The Balaban J connectivity index is 1.27. The van der Waals surface area contributed by atoms with Crippen LogP contribution in [0.3, 0.4) is 0 Å². The molecule has 4 nitrogen and oxygen atoms in total. The van der Waals surface area contributed by atoms with Crippen LogP contribution in [-0.2, 0) is 13.2 Å². The molecular formula is C36H38N2O2Si2. The summed E-state index contributed by atoms with van der Waals surface area (Å²) in [6.07, 6.45) is 0. The Morgan fingerprint density at radius 2 is 0.905 bits per heavy atom. The molecule has 4 rings (SSSR count). The average Bonchev–Trinajstić information content (AvgIpc) is 2.97. The summed E-state index contributed by atoms with van der Waals surface area (Å²) in [6.45, 7) is 14.4. The van der Waals surface area contributed by atoms with Crippen LogP contribution in [0.4, 0.5) is 11.4 Å². The zero-order chi connectivity index (χ0) is 30.0. The van der Waals surface area contributed by atoms with Crippen LogP contribution in [0.5, 0.6) is 11.5 Å². The molecule has 0 fully saturated rings. The molecule has 0 spiro atoms. The van der Waals surface area contributed by atoms with Crippen molar-refractivity contribution in [2.75, 3.05) is 0 Å². The van der Waals surface area contributed by atoms with E-state index in [4.69, 9.17) is 9.47 Å². The van der Waals surface area contributed by atoms with Crippen LogP contribution < -0.4 is 9.47 Å². The smallest absolute Gasteiger partial charge is 0.129 e. The second kappa shape index (κ2) is 14.0. The van der Waals surface area contributed by atoms with Gasteiger partial charge in [0.25, 0.3) is 0 Å². The van der Waals surface area contributed by atoms with Crippen molar-refractivity contribution in [1.29, 1.82) is 0 Å². The van der Waals surface area contributed by atoms with E-state index in [1.54, 1.807) is 0 Å². The summed E-state index contributed by atoms with van der Waals surface area (Å²) >= 11 is 0. The monoisotopic (exact) mass is 586 g/mol. The van der Waals surface area contributed by atoms with Gasteiger partial charge in [0.2, 0.25) is 0 Å². The van der Waals surface area contributed by atoms with Crippen molar-refractivity contribution in [3.05, 3.63) is 119 Å². The third-order valence-corrected chi connectivity index (χ3v) is 7.53. The molecular weight excluding hydrogens is 549 g/mol. The summed E-state index contributed by atoms with van der Waals surface area (Å²) in [5.41, 5.74) is 12.6. The van der Waals surface area contributed by atoms with Crippen LogP contribution in [0.25, 0.3) is 0 Å². The summed E-state index contributed by atoms with van der Waals surface area (Å²) in [7, 11) is -2.81. The maximum absolute atomic E-state index is 5.98. The van der Waals surface area contributed by atoms with Gasteiger partial charge in [-0.3, -0.25) is 0 Å². The van der Waals surface area contributed by atoms with Crippen LogP contribution >= 0.6 is 0 Å². The van der Waals surface area contributed by atoms with Gasteiger partial charge in [0.1, 0.15) is 40.9 Å². The number of azo groups is 1. The van der Waals surface area contributed by atoms with Crippen LogP contribution in [-0.4, -0.2) is 16.1 Å². The molecule has 0 unspecified atom stereocenters. The molecule has 0 N–H and O–H groups in total. The molecule has 0 aliphatic carbocycles. The van der Waals surface area contributed by atoms with Gasteiger partial charge >= 0.3 is 0 Å². The molecule has 0 aromatic heterocycles. The fourth-order valence-electron chi connectivity index (χ4n) is 3.66. The molecule has 6 heteroatoms. The van der Waals surface area contributed by atoms with E-state index in [1.165, 1.54) is 0 Å². The normalized spacial score (nSPS) is 11.3.